The lowest BCUT2D eigenvalue weighted by Crippen LogP contribution is -2.15. The monoisotopic (exact) mass is 299 g/mol. The number of hydrogen-bond donors (Lipinski definition) is 1. The van der Waals surface area contributed by atoms with E-state index in [9.17, 15) is 14.9 Å². The molecule has 2 aromatic rings. The van der Waals surface area contributed by atoms with Gasteiger partial charge in [-0.3, -0.25) is 14.9 Å². The summed E-state index contributed by atoms with van der Waals surface area (Å²) >= 11 is 0. The van der Waals surface area contributed by atoms with Gasteiger partial charge in [0.15, 0.2) is 0 Å². The Bertz CT molecular complexity index is 726. The molecule has 0 aliphatic heterocycles. The summed E-state index contributed by atoms with van der Waals surface area (Å²) in [6.07, 6.45) is 0. The smallest absolute Gasteiger partial charge is 0.293 e. The molecule has 0 heterocycles. The van der Waals surface area contributed by atoms with E-state index in [1.54, 1.807) is 37.2 Å². The fraction of sp³-hybridized carbons (Fsp3) is 0.188. The zero-order valence-corrected chi connectivity index (χ0v) is 12.7. The quantitative estimate of drug-likeness (QED) is 0.694. The topological polar surface area (TPSA) is 75.5 Å². The minimum atomic E-state index is -0.486. The van der Waals surface area contributed by atoms with Crippen LogP contribution in [0, 0.1) is 17.0 Å². The molecule has 0 bridgehead atoms. The molecule has 1 amide bonds. The molecule has 0 atom stereocenters. The number of nitrogens with one attached hydrogen (secondary N) is 1. The molecular formula is C16H17N3O3. The predicted molar refractivity (Wildman–Crippen MR) is 86.6 cm³/mol. The molecule has 0 saturated heterocycles. The van der Waals surface area contributed by atoms with Gasteiger partial charge in [0.2, 0.25) is 0 Å². The van der Waals surface area contributed by atoms with Crippen LogP contribution < -0.4 is 10.2 Å². The van der Waals surface area contributed by atoms with Crippen molar-refractivity contribution >= 4 is 23.0 Å². The van der Waals surface area contributed by atoms with Gasteiger partial charge >= 0.3 is 0 Å². The number of nitro benzene ring substituents is 1. The van der Waals surface area contributed by atoms with Crippen molar-refractivity contribution in [3.63, 3.8) is 0 Å². The summed E-state index contributed by atoms with van der Waals surface area (Å²) in [6.45, 7) is 1.88. The van der Waals surface area contributed by atoms with E-state index in [0.717, 1.165) is 5.56 Å². The Morgan fingerprint density at radius 3 is 2.45 bits per heavy atom. The van der Waals surface area contributed by atoms with E-state index in [2.05, 4.69) is 5.32 Å². The van der Waals surface area contributed by atoms with E-state index < -0.39 is 4.92 Å². The molecule has 6 heteroatoms. The van der Waals surface area contributed by atoms with Crippen LogP contribution in [0.2, 0.25) is 0 Å². The summed E-state index contributed by atoms with van der Waals surface area (Å²) in [5.74, 6) is -0.372. The van der Waals surface area contributed by atoms with Crippen LogP contribution in [0.3, 0.4) is 0 Å². The zero-order valence-electron chi connectivity index (χ0n) is 12.7. The van der Waals surface area contributed by atoms with Gasteiger partial charge in [0, 0.05) is 31.4 Å². The number of rotatable bonds is 4. The van der Waals surface area contributed by atoms with Crippen molar-refractivity contribution in [2.24, 2.45) is 0 Å². The van der Waals surface area contributed by atoms with E-state index in [-0.39, 0.29) is 17.2 Å². The molecular weight excluding hydrogens is 282 g/mol. The average Bonchev–Trinajstić information content (AvgIpc) is 2.48. The first-order valence-corrected chi connectivity index (χ1v) is 6.73. The third-order valence-corrected chi connectivity index (χ3v) is 3.31. The average molecular weight is 299 g/mol. The molecule has 0 saturated carbocycles. The Morgan fingerprint density at radius 2 is 1.86 bits per heavy atom. The first-order valence-electron chi connectivity index (χ1n) is 6.73. The van der Waals surface area contributed by atoms with Gasteiger partial charge in [0.05, 0.1) is 4.92 Å². The molecule has 6 nitrogen and oxygen atoms in total. The molecule has 1 N–H and O–H groups in total. The van der Waals surface area contributed by atoms with Gasteiger partial charge in [-0.1, -0.05) is 18.2 Å². The molecule has 0 spiro atoms. The van der Waals surface area contributed by atoms with Crippen molar-refractivity contribution in [1.82, 2.24) is 0 Å². The van der Waals surface area contributed by atoms with Crippen molar-refractivity contribution < 1.29 is 9.72 Å². The molecule has 0 aromatic heterocycles. The van der Waals surface area contributed by atoms with E-state index in [0.29, 0.717) is 11.4 Å². The lowest BCUT2D eigenvalue weighted by molar-refractivity contribution is -0.384. The highest BCUT2D eigenvalue weighted by molar-refractivity contribution is 6.05. The molecule has 2 aromatic carbocycles. The fourth-order valence-electron chi connectivity index (χ4n) is 2.10. The van der Waals surface area contributed by atoms with Gasteiger partial charge in [-0.2, -0.15) is 0 Å². The number of anilines is 2. The number of carbonyl (C=O) groups excluding carboxylic acids is 1. The molecule has 0 unspecified atom stereocenters. The highest BCUT2D eigenvalue weighted by Crippen LogP contribution is 2.28. The fourth-order valence-corrected chi connectivity index (χ4v) is 2.10. The lowest BCUT2D eigenvalue weighted by atomic mass is 10.1. The second-order valence-electron chi connectivity index (χ2n) is 5.12. The zero-order chi connectivity index (χ0) is 16.3. The number of nitrogens with zero attached hydrogens (tertiary/aromatic N) is 2. The van der Waals surface area contributed by atoms with E-state index in [1.165, 1.54) is 6.07 Å². The minimum Gasteiger partial charge on any atom is -0.372 e. The van der Waals surface area contributed by atoms with Crippen LogP contribution in [0.25, 0.3) is 0 Å². The molecule has 114 valence electrons. The molecule has 2 rings (SSSR count). The van der Waals surface area contributed by atoms with E-state index in [4.69, 9.17) is 0 Å². The minimum absolute atomic E-state index is 0.0950. The van der Waals surface area contributed by atoms with Gasteiger partial charge in [-0.25, -0.2) is 0 Å². The van der Waals surface area contributed by atoms with Gasteiger partial charge in [-0.05, 0) is 30.7 Å². The highest BCUT2D eigenvalue weighted by atomic mass is 16.6. The van der Waals surface area contributed by atoms with Gasteiger partial charge in [0.1, 0.15) is 5.69 Å². The Morgan fingerprint density at radius 1 is 1.18 bits per heavy atom. The Kier molecular flexibility index (Phi) is 4.41. The third kappa shape index (κ3) is 3.22. The highest BCUT2D eigenvalue weighted by Gasteiger charge is 2.19. The maximum Gasteiger partial charge on any atom is 0.293 e. The Hall–Kier alpha value is -2.89. The van der Waals surface area contributed by atoms with Crippen LogP contribution in [0.15, 0.2) is 42.5 Å². The van der Waals surface area contributed by atoms with Crippen molar-refractivity contribution in [2.45, 2.75) is 6.92 Å². The van der Waals surface area contributed by atoms with E-state index in [1.807, 2.05) is 25.1 Å². The number of para-hydroxylation sites is 1. The van der Waals surface area contributed by atoms with Crippen LogP contribution in [0.5, 0.6) is 0 Å². The summed E-state index contributed by atoms with van der Waals surface area (Å²) in [5, 5.41) is 13.9. The van der Waals surface area contributed by atoms with Gasteiger partial charge in [-0.15, -0.1) is 0 Å². The molecule has 22 heavy (non-hydrogen) atoms. The van der Waals surface area contributed by atoms with Crippen LogP contribution >= 0.6 is 0 Å². The van der Waals surface area contributed by atoms with Crippen molar-refractivity contribution in [3.8, 4) is 0 Å². The van der Waals surface area contributed by atoms with Gasteiger partial charge < -0.3 is 10.2 Å². The SMILES string of the molecule is Cc1ccccc1NC(=O)c1ccc(N(C)C)c([N+](=O)[O-])c1. The first-order chi connectivity index (χ1) is 10.4. The molecule has 0 radical (unpaired) electrons. The number of benzene rings is 2. The largest absolute Gasteiger partial charge is 0.372 e. The number of carbonyl (C=O) groups is 1. The summed E-state index contributed by atoms with van der Waals surface area (Å²) in [7, 11) is 3.44. The maximum atomic E-state index is 12.3. The first kappa shape index (κ1) is 15.5. The summed E-state index contributed by atoms with van der Waals surface area (Å²) in [4.78, 5) is 24.6. The van der Waals surface area contributed by atoms with Crippen LogP contribution in [0.1, 0.15) is 15.9 Å². The number of aryl methyl sites for hydroxylation is 1. The van der Waals surface area contributed by atoms with Crippen molar-refractivity contribution in [1.29, 1.82) is 0 Å². The van der Waals surface area contributed by atoms with Crippen LogP contribution in [0.4, 0.5) is 17.1 Å². The van der Waals surface area contributed by atoms with Crippen molar-refractivity contribution in [2.75, 3.05) is 24.3 Å². The molecule has 0 aliphatic carbocycles. The number of amides is 1. The normalized spacial score (nSPS) is 10.1. The summed E-state index contributed by atoms with van der Waals surface area (Å²) in [5.41, 5.74) is 2.22. The molecule has 0 fully saturated rings. The second-order valence-corrected chi connectivity index (χ2v) is 5.12. The Labute approximate surface area is 128 Å². The standard InChI is InChI=1S/C16H17N3O3/c1-11-6-4-5-7-13(11)17-16(20)12-8-9-14(18(2)3)15(10-12)19(21)22/h4-10H,1-3H3,(H,17,20). The summed E-state index contributed by atoms with van der Waals surface area (Å²) in [6, 6.07) is 11.8. The summed E-state index contributed by atoms with van der Waals surface area (Å²) < 4.78 is 0. The number of hydrogen-bond acceptors (Lipinski definition) is 4. The van der Waals surface area contributed by atoms with Gasteiger partial charge in [0.25, 0.3) is 11.6 Å². The Balaban J connectivity index is 2.33. The van der Waals surface area contributed by atoms with Crippen LogP contribution in [-0.4, -0.2) is 24.9 Å². The van der Waals surface area contributed by atoms with Crippen molar-refractivity contribution in [3.05, 3.63) is 63.7 Å². The van der Waals surface area contributed by atoms with E-state index >= 15 is 0 Å². The maximum absolute atomic E-state index is 12.3. The number of nitro groups is 1. The lowest BCUT2D eigenvalue weighted by Gasteiger charge is -2.13. The third-order valence-electron chi connectivity index (χ3n) is 3.31. The predicted octanol–water partition coefficient (Wildman–Crippen LogP) is 3.22. The molecule has 0 aliphatic rings. The second kappa shape index (κ2) is 6.26. The van der Waals surface area contributed by atoms with Crippen LogP contribution in [-0.2, 0) is 0 Å².